The molecule has 0 bridgehead atoms. The minimum atomic E-state index is -0.295. The van der Waals surface area contributed by atoms with Crippen LogP contribution in [-0.2, 0) is 16.1 Å². The number of nitrogens with zero attached hydrogens (tertiary/aromatic N) is 3. The second-order valence-corrected chi connectivity index (χ2v) is 10.2. The van der Waals surface area contributed by atoms with Crippen LogP contribution in [0, 0.1) is 0 Å². The lowest BCUT2D eigenvalue weighted by molar-refractivity contribution is -0.142. The first-order valence-electron chi connectivity index (χ1n) is 13.9. The molecule has 0 spiro atoms. The van der Waals surface area contributed by atoms with Crippen molar-refractivity contribution in [3.8, 4) is 0 Å². The number of nitrogens with one attached hydrogen (secondary N) is 1. The van der Waals surface area contributed by atoms with Crippen LogP contribution in [0.15, 0.2) is 24.5 Å². The number of hydrogen-bond acceptors (Lipinski definition) is 4. The molecule has 190 valence electrons. The smallest absolute Gasteiger partial charge is 0.242 e. The van der Waals surface area contributed by atoms with Gasteiger partial charge in [0.1, 0.15) is 6.04 Å². The maximum absolute atomic E-state index is 13.4. The highest BCUT2D eigenvalue weighted by Crippen LogP contribution is 2.26. The lowest BCUT2D eigenvalue weighted by atomic mass is 10.1. The number of likely N-dealkylation sites (tertiary alicyclic amines) is 2. The van der Waals surface area contributed by atoms with Crippen molar-refractivity contribution in [2.45, 2.75) is 115 Å². The van der Waals surface area contributed by atoms with E-state index in [1.165, 1.54) is 57.8 Å². The van der Waals surface area contributed by atoms with E-state index in [0.717, 1.165) is 57.3 Å². The molecule has 0 aromatic carbocycles. The van der Waals surface area contributed by atoms with E-state index in [1.807, 2.05) is 17.2 Å². The molecule has 0 radical (unpaired) electrons. The van der Waals surface area contributed by atoms with Crippen LogP contribution in [-0.4, -0.2) is 58.3 Å². The fraction of sp³-hybridized carbons (Fsp3) is 0.750. The molecule has 2 atom stereocenters. The maximum Gasteiger partial charge on any atom is 0.242 e. The first kappa shape index (κ1) is 26.7. The van der Waals surface area contributed by atoms with Crippen LogP contribution < -0.4 is 5.32 Å². The van der Waals surface area contributed by atoms with Gasteiger partial charge in [-0.1, -0.05) is 70.8 Å². The molecular weight excluding hydrogens is 424 g/mol. The number of unbranched alkanes of at least 4 members (excludes halogenated alkanes) is 9. The zero-order valence-corrected chi connectivity index (χ0v) is 21.4. The van der Waals surface area contributed by atoms with Crippen molar-refractivity contribution in [1.82, 2.24) is 20.1 Å². The third-order valence-electron chi connectivity index (χ3n) is 7.43. The van der Waals surface area contributed by atoms with Crippen molar-refractivity contribution in [3.05, 3.63) is 30.1 Å². The number of pyridine rings is 1. The summed E-state index contributed by atoms with van der Waals surface area (Å²) < 4.78 is 0. The Morgan fingerprint density at radius 3 is 2.32 bits per heavy atom. The zero-order valence-electron chi connectivity index (χ0n) is 21.4. The first-order chi connectivity index (χ1) is 16.7. The third-order valence-corrected chi connectivity index (χ3v) is 7.43. The van der Waals surface area contributed by atoms with E-state index in [0.29, 0.717) is 6.54 Å². The molecule has 1 N–H and O–H groups in total. The largest absolute Gasteiger partial charge is 0.354 e. The maximum atomic E-state index is 13.4. The highest BCUT2D eigenvalue weighted by atomic mass is 16.2. The Morgan fingerprint density at radius 2 is 1.62 bits per heavy atom. The number of aromatic nitrogens is 1. The Hall–Kier alpha value is -1.95. The number of rotatable bonds is 15. The predicted octanol–water partition coefficient (Wildman–Crippen LogP) is 5.07. The summed E-state index contributed by atoms with van der Waals surface area (Å²) in [7, 11) is 0. The van der Waals surface area contributed by atoms with E-state index in [1.54, 1.807) is 6.20 Å². The molecule has 1 aromatic heterocycles. The van der Waals surface area contributed by atoms with Gasteiger partial charge in [-0.15, -0.1) is 0 Å². The van der Waals surface area contributed by atoms with Gasteiger partial charge in [-0.3, -0.25) is 19.5 Å². The van der Waals surface area contributed by atoms with E-state index in [4.69, 9.17) is 0 Å². The van der Waals surface area contributed by atoms with Gasteiger partial charge in [-0.05, 0) is 50.3 Å². The van der Waals surface area contributed by atoms with Crippen molar-refractivity contribution in [3.63, 3.8) is 0 Å². The molecule has 2 aliphatic rings. The lowest BCUT2D eigenvalue weighted by Gasteiger charge is -2.31. The van der Waals surface area contributed by atoms with Crippen molar-refractivity contribution in [2.75, 3.05) is 19.6 Å². The van der Waals surface area contributed by atoms with Gasteiger partial charge in [0.05, 0.1) is 6.04 Å². The second kappa shape index (κ2) is 15.1. The minimum absolute atomic E-state index is 0.0404. The molecule has 2 aliphatic heterocycles. The normalized spacial score (nSPS) is 20.7. The standard InChI is InChI=1S/C28H46N4O2/c1-2-3-4-5-6-7-8-9-10-11-19-30-27(33)25-16-14-21-32(25)28(34)26-17-13-20-31(26)23-24-15-12-18-29-22-24/h12,15,18,22,25-26H,2-11,13-14,16-17,19-21,23H2,1H3,(H,30,33)/t25?,26-/m0/s1. The van der Waals surface area contributed by atoms with E-state index >= 15 is 0 Å². The van der Waals surface area contributed by atoms with Crippen LogP contribution in [0.5, 0.6) is 0 Å². The Morgan fingerprint density at radius 1 is 0.941 bits per heavy atom. The molecule has 0 aliphatic carbocycles. The molecular formula is C28H46N4O2. The van der Waals surface area contributed by atoms with Crippen molar-refractivity contribution >= 4 is 11.8 Å². The fourth-order valence-corrected chi connectivity index (χ4v) is 5.46. The molecule has 2 saturated heterocycles. The topological polar surface area (TPSA) is 65.5 Å². The van der Waals surface area contributed by atoms with E-state index in [9.17, 15) is 9.59 Å². The first-order valence-corrected chi connectivity index (χ1v) is 13.9. The zero-order chi connectivity index (χ0) is 24.0. The second-order valence-electron chi connectivity index (χ2n) is 10.2. The van der Waals surface area contributed by atoms with Crippen LogP contribution in [0.25, 0.3) is 0 Å². The average Bonchev–Trinajstić information content (AvgIpc) is 3.53. The van der Waals surface area contributed by atoms with Crippen LogP contribution >= 0.6 is 0 Å². The Balaban J connectivity index is 1.34. The monoisotopic (exact) mass is 470 g/mol. The summed E-state index contributed by atoms with van der Waals surface area (Å²) in [5.74, 6) is 0.177. The van der Waals surface area contributed by atoms with Gasteiger partial charge < -0.3 is 10.2 Å². The van der Waals surface area contributed by atoms with Gasteiger partial charge in [0.2, 0.25) is 11.8 Å². The molecule has 0 saturated carbocycles. The van der Waals surface area contributed by atoms with Crippen molar-refractivity contribution < 1.29 is 9.59 Å². The Kier molecular flexibility index (Phi) is 11.9. The number of hydrogen-bond donors (Lipinski definition) is 1. The number of carbonyl (C=O) groups is 2. The molecule has 3 heterocycles. The van der Waals surface area contributed by atoms with Gasteiger partial charge in [-0.25, -0.2) is 0 Å². The lowest BCUT2D eigenvalue weighted by Crippen LogP contribution is -2.51. The summed E-state index contributed by atoms with van der Waals surface area (Å²) in [5, 5.41) is 3.12. The summed E-state index contributed by atoms with van der Waals surface area (Å²) in [4.78, 5) is 34.6. The Labute approximate surface area is 206 Å². The molecule has 6 heteroatoms. The third kappa shape index (κ3) is 8.37. The van der Waals surface area contributed by atoms with E-state index in [-0.39, 0.29) is 23.9 Å². The minimum Gasteiger partial charge on any atom is -0.354 e. The molecule has 1 unspecified atom stereocenters. The average molecular weight is 471 g/mol. The summed E-state index contributed by atoms with van der Waals surface area (Å²) in [6.07, 6.45) is 20.2. The summed E-state index contributed by atoms with van der Waals surface area (Å²) in [6.45, 7) is 5.36. The van der Waals surface area contributed by atoms with E-state index < -0.39 is 0 Å². The SMILES string of the molecule is CCCCCCCCCCCCNC(=O)C1CCCN1C(=O)[C@@H]1CCCN1Cc1cccnc1. The van der Waals surface area contributed by atoms with Crippen LogP contribution in [0.4, 0.5) is 0 Å². The highest BCUT2D eigenvalue weighted by Gasteiger charge is 2.40. The molecule has 6 nitrogen and oxygen atoms in total. The van der Waals surface area contributed by atoms with E-state index in [2.05, 4.69) is 28.2 Å². The van der Waals surface area contributed by atoms with Gasteiger partial charge in [0.15, 0.2) is 0 Å². The summed E-state index contributed by atoms with van der Waals surface area (Å²) >= 11 is 0. The molecule has 1 aromatic rings. The van der Waals surface area contributed by atoms with Gasteiger partial charge in [0.25, 0.3) is 0 Å². The van der Waals surface area contributed by atoms with Gasteiger partial charge in [-0.2, -0.15) is 0 Å². The van der Waals surface area contributed by atoms with Gasteiger partial charge in [0, 0.05) is 32.0 Å². The predicted molar refractivity (Wildman–Crippen MR) is 137 cm³/mol. The quantitative estimate of drug-likeness (QED) is 0.363. The molecule has 3 rings (SSSR count). The molecule has 2 fully saturated rings. The highest BCUT2D eigenvalue weighted by molar-refractivity contribution is 5.90. The van der Waals surface area contributed by atoms with Crippen LogP contribution in [0.3, 0.4) is 0 Å². The van der Waals surface area contributed by atoms with Crippen molar-refractivity contribution in [1.29, 1.82) is 0 Å². The molecule has 2 amide bonds. The summed E-state index contributed by atoms with van der Waals surface area (Å²) in [6, 6.07) is 3.59. The van der Waals surface area contributed by atoms with Crippen LogP contribution in [0.2, 0.25) is 0 Å². The molecule has 34 heavy (non-hydrogen) atoms. The number of carbonyl (C=O) groups excluding carboxylic acids is 2. The number of amides is 2. The van der Waals surface area contributed by atoms with Crippen molar-refractivity contribution in [2.24, 2.45) is 0 Å². The van der Waals surface area contributed by atoms with Gasteiger partial charge >= 0.3 is 0 Å². The Bertz CT molecular complexity index is 726. The summed E-state index contributed by atoms with van der Waals surface area (Å²) in [5.41, 5.74) is 1.13. The fourth-order valence-electron chi connectivity index (χ4n) is 5.46. The van der Waals surface area contributed by atoms with Crippen LogP contribution in [0.1, 0.15) is 102 Å².